The van der Waals surface area contributed by atoms with Crippen molar-refractivity contribution in [3.63, 3.8) is 0 Å². The molecule has 5 heteroatoms. The van der Waals surface area contributed by atoms with Crippen LogP contribution in [0.3, 0.4) is 0 Å². The number of carbonyl (C=O) groups is 1. The predicted octanol–water partition coefficient (Wildman–Crippen LogP) is 0.223. The maximum Gasteiger partial charge on any atom is 0.248 e. The molecular weight excluding hydrogens is 216 g/mol. The van der Waals surface area contributed by atoms with Crippen molar-refractivity contribution < 1.29 is 4.79 Å². The number of rotatable bonds is 3. The molecule has 2 rings (SSSR count). The van der Waals surface area contributed by atoms with Crippen molar-refractivity contribution in [2.75, 3.05) is 6.54 Å². The van der Waals surface area contributed by atoms with Crippen LogP contribution in [-0.4, -0.2) is 24.5 Å². The molecule has 90 valence electrons. The number of nitrogens with two attached hydrogens (primary N) is 1. The normalized spacial score (nSPS) is 18.4. The minimum Gasteiger partial charge on any atom is -0.366 e. The average molecular weight is 232 g/mol. The summed E-state index contributed by atoms with van der Waals surface area (Å²) in [7, 11) is 0. The molecule has 0 aliphatic carbocycles. The molecule has 0 aromatic heterocycles. The predicted molar refractivity (Wildman–Crippen MR) is 66.7 cm³/mol. The molecule has 1 unspecified atom stereocenters. The molecule has 0 spiro atoms. The molecule has 4 N–H and O–H groups in total. The number of aliphatic imine (C=N–C) groups is 1. The van der Waals surface area contributed by atoms with Crippen molar-refractivity contribution in [2.45, 2.75) is 19.5 Å². The molecule has 1 atom stereocenters. The smallest absolute Gasteiger partial charge is 0.248 e. The van der Waals surface area contributed by atoms with Gasteiger partial charge < -0.3 is 16.4 Å². The van der Waals surface area contributed by atoms with Gasteiger partial charge in [0.2, 0.25) is 5.91 Å². The van der Waals surface area contributed by atoms with E-state index in [0.717, 1.165) is 18.1 Å². The minimum atomic E-state index is -0.403. The van der Waals surface area contributed by atoms with Crippen LogP contribution in [0.25, 0.3) is 0 Å². The molecule has 0 saturated heterocycles. The van der Waals surface area contributed by atoms with Gasteiger partial charge in [0.1, 0.15) is 0 Å². The van der Waals surface area contributed by atoms with E-state index in [1.54, 1.807) is 12.1 Å². The van der Waals surface area contributed by atoms with Gasteiger partial charge in [0, 0.05) is 18.2 Å². The van der Waals surface area contributed by atoms with Crippen LogP contribution < -0.4 is 16.4 Å². The highest BCUT2D eigenvalue weighted by molar-refractivity contribution is 5.92. The first-order valence-corrected chi connectivity index (χ1v) is 5.59. The standard InChI is InChI=1S/C12H16N4O/c1-8-6-14-12(16-8)15-7-9-2-4-10(5-3-9)11(13)17/h2-5,8H,6-7H2,1H3,(H2,13,17)(H2,14,15,16). The number of nitrogens with zero attached hydrogens (tertiary/aromatic N) is 1. The summed E-state index contributed by atoms with van der Waals surface area (Å²) in [5.74, 6) is 0.427. The molecule has 1 aromatic carbocycles. The van der Waals surface area contributed by atoms with Gasteiger partial charge in [-0.05, 0) is 24.6 Å². The van der Waals surface area contributed by atoms with Gasteiger partial charge in [-0.2, -0.15) is 0 Å². The van der Waals surface area contributed by atoms with Crippen molar-refractivity contribution in [1.82, 2.24) is 10.6 Å². The van der Waals surface area contributed by atoms with Crippen LogP contribution in [0.1, 0.15) is 22.8 Å². The molecule has 1 aliphatic rings. The van der Waals surface area contributed by atoms with E-state index in [1.165, 1.54) is 0 Å². The van der Waals surface area contributed by atoms with Gasteiger partial charge in [0.25, 0.3) is 0 Å². The lowest BCUT2D eigenvalue weighted by Crippen LogP contribution is -2.37. The minimum absolute atomic E-state index is 0.398. The van der Waals surface area contributed by atoms with Crippen LogP contribution in [0.15, 0.2) is 29.3 Å². The van der Waals surface area contributed by atoms with E-state index in [9.17, 15) is 4.79 Å². The second kappa shape index (κ2) is 4.86. The number of primary amides is 1. The maximum atomic E-state index is 10.9. The quantitative estimate of drug-likeness (QED) is 0.697. The van der Waals surface area contributed by atoms with E-state index in [2.05, 4.69) is 22.5 Å². The fourth-order valence-electron chi connectivity index (χ4n) is 1.63. The van der Waals surface area contributed by atoms with Gasteiger partial charge >= 0.3 is 0 Å². The summed E-state index contributed by atoms with van der Waals surface area (Å²) in [6, 6.07) is 7.62. The third-order valence-electron chi connectivity index (χ3n) is 2.60. The summed E-state index contributed by atoms with van der Waals surface area (Å²) < 4.78 is 0. The summed E-state index contributed by atoms with van der Waals surface area (Å²) >= 11 is 0. The number of amides is 1. The fraction of sp³-hybridized carbons (Fsp3) is 0.333. The number of carbonyl (C=O) groups excluding carboxylic acids is 1. The van der Waals surface area contributed by atoms with Crippen molar-refractivity contribution in [2.24, 2.45) is 10.7 Å². The number of guanidine groups is 1. The van der Waals surface area contributed by atoms with E-state index in [-0.39, 0.29) is 0 Å². The molecule has 1 amide bonds. The highest BCUT2D eigenvalue weighted by atomic mass is 16.1. The molecule has 0 bridgehead atoms. The molecule has 0 radical (unpaired) electrons. The Balaban J connectivity index is 1.89. The Bertz CT molecular complexity index is 438. The Morgan fingerprint density at radius 3 is 2.76 bits per heavy atom. The van der Waals surface area contributed by atoms with Crippen LogP contribution in [0.2, 0.25) is 0 Å². The fourth-order valence-corrected chi connectivity index (χ4v) is 1.63. The molecule has 1 aliphatic heterocycles. The van der Waals surface area contributed by atoms with Gasteiger partial charge in [0.15, 0.2) is 5.96 Å². The first-order chi connectivity index (χ1) is 8.15. The van der Waals surface area contributed by atoms with Crippen molar-refractivity contribution in [1.29, 1.82) is 0 Å². The Kier molecular flexibility index (Phi) is 3.27. The van der Waals surface area contributed by atoms with Crippen LogP contribution in [0.4, 0.5) is 0 Å². The van der Waals surface area contributed by atoms with Crippen LogP contribution in [0, 0.1) is 0 Å². The zero-order chi connectivity index (χ0) is 12.3. The van der Waals surface area contributed by atoms with E-state index < -0.39 is 5.91 Å². The third-order valence-corrected chi connectivity index (χ3v) is 2.60. The number of benzene rings is 1. The second-order valence-corrected chi connectivity index (χ2v) is 4.15. The van der Waals surface area contributed by atoms with E-state index in [1.807, 2.05) is 12.1 Å². The second-order valence-electron chi connectivity index (χ2n) is 4.15. The Labute approximate surface area is 100 Å². The van der Waals surface area contributed by atoms with Crippen molar-refractivity contribution >= 4 is 11.9 Å². The average Bonchev–Trinajstić information content (AvgIpc) is 2.73. The molecule has 0 saturated carbocycles. The Morgan fingerprint density at radius 2 is 2.24 bits per heavy atom. The van der Waals surface area contributed by atoms with E-state index in [4.69, 9.17) is 5.73 Å². The SMILES string of the molecule is CC1CN=C(NCc2ccc(C(N)=O)cc2)N1. The summed E-state index contributed by atoms with van der Waals surface area (Å²) in [6.45, 7) is 3.57. The van der Waals surface area contributed by atoms with Gasteiger partial charge in [-0.1, -0.05) is 12.1 Å². The number of hydrogen-bond acceptors (Lipinski definition) is 4. The largest absolute Gasteiger partial charge is 0.366 e. The summed E-state index contributed by atoms with van der Waals surface area (Å²) in [5, 5.41) is 6.42. The van der Waals surface area contributed by atoms with Crippen molar-refractivity contribution in [3.8, 4) is 0 Å². The molecule has 1 heterocycles. The topological polar surface area (TPSA) is 79.5 Å². The first-order valence-electron chi connectivity index (χ1n) is 5.59. The van der Waals surface area contributed by atoms with Gasteiger partial charge in [-0.15, -0.1) is 0 Å². The zero-order valence-corrected chi connectivity index (χ0v) is 9.73. The van der Waals surface area contributed by atoms with Crippen LogP contribution in [0.5, 0.6) is 0 Å². The summed E-state index contributed by atoms with van der Waals surface area (Å²) in [6.07, 6.45) is 0. The van der Waals surface area contributed by atoms with Crippen molar-refractivity contribution in [3.05, 3.63) is 35.4 Å². The van der Waals surface area contributed by atoms with E-state index >= 15 is 0 Å². The molecular formula is C12H16N4O. The van der Waals surface area contributed by atoms with Crippen LogP contribution in [-0.2, 0) is 6.54 Å². The molecule has 5 nitrogen and oxygen atoms in total. The number of hydrogen-bond donors (Lipinski definition) is 3. The lowest BCUT2D eigenvalue weighted by atomic mass is 10.1. The zero-order valence-electron chi connectivity index (χ0n) is 9.73. The highest BCUT2D eigenvalue weighted by Gasteiger charge is 2.11. The summed E-state index contributed by atoms with van der Waals surface area (Å²) in [4.78, 5) is 15.2. The Morgan fingerprint density at radius 1 is 1.53 bits per heavy atom. The number of nitrogens with one attached hydrogen (secondary N) is 2. The van der Waals surface area contributed by atoms with Gasteiger partial charge in [0.05, 0.1) is 6.54 Å². The first kappa shape index (κ1) is 11.4. The lowest BCUT2D eigenvalue weighted by Gasteiger charge is -2.08. The lowest BCUT2D eigenvalue weighted by molar-refractivity contribution is 0.100. The van der Waals surface area contributed by atoms with E-state index in [0.29, 0.717) is 18.2 Å². The molecule has 17 heavy (non-hydrogen) atoms. The molecule has 0 fully saturated rings. The Hall–Kier alpha value is -2.04. The van der Waals surface area contributed by atoms with Crippen LogP contribution >= 0.6 is 0 Å². The van der Waals surface area contributed by atoms with Gasteiger partial charge in [-0.25, -0.2) is 0 Å². The maximum absolute atomic E-state index is 10.9. The monoisotopic (exact) mass is 232 g/mol. The molecule has 1 aromatic rings. The summed E-state index contributed by atoms with van der Waals surface area (Å²) in [5.41, 5.74) is 6.78. The third kappa shape index (κ3) is 2.96. The highest BCUT2D eigenvalue weighted by Crippen LogP contribution is 2.03. The van der Waals surface area contributed by atoms with Gasteiger partial charge in [-0.3, -0.25) is 9.79 Å².